The van der Waals surface area contributed by atoms with Gasteiger partial charge in [0.1, 0.15) is 0 Å². The molecule has 0 amide bonds. The van der Waals surface area contributed by atoms with E-state index in [0.29, 0.717) is 0 Å². The first-order valence-corrected chi connectivity index (χ1v) is 8.60. The van der Waals surface area contributed by atoms with E-state index in [2.05, 4.69) is 76.3 Å². The average molecular weight is 316 g/mol. The summed E-state index contributed by atoms with van der Waals surface area (Å²) in [5.41, 5.74) is 2.37. The van der Waals surface area contributed by atoms with Gasteiger partial charge in [0.15, 0.2) is 0 Å². The molecule has 0 aromatic heterocycles. The normalized spacial score (nSPS) is 16.0. The molecule has 2 aromatic carbocycles. The van der Waals surface area contributed by atoms with Crippen LogP contribution in [0.3, 0.4) is 0 Å². The molecule has 0 unspecified atom stereocenters. The van der Waals surface area contributed by atoms with Crippen molar-refractivity contribution in [1.82, 2.24) is 9.80 Å². The Morgan fingerprint density at radius 2 is 1.42 bits per heavy atom. The zero-order valence-electron chi connectivity index (χ0n) is 14.1. The van der Waals surface area contributed by atoms with E-state index < -0.39 is 0 Å². The second kappa shape index (κ2) is 9.08. The molecule has 122 valence electrons. The van der Waals surface area contributed by atoms with Crippen molar-refractivity contribution in [2.45, 2.75) is 0 Å². The molecular formula is C22H24N2. The van der Waals surface area contributed by atoms with Crippen LogP contribution in [0.1, 0.15) is 11.1 Å². The summed E-state index contributed by atoms with van der Waals surface area (Å²) in [5.74, 6) is 6.53. The molecular weight excluding hydrogens is 292 g/mol. The van der Waals surface area contributed by atoms with Crippen LogP contribution >= 0.6 is 0 Å². The first kappa shape index (κ1) is 16.5. The van der Waals surface area contributed by atoms with Gasteiger partial charge >= 0.3 is 0 Å². The van der Waals surface area contributed by atoms with Gasteiger partial charge in [0, 0.05) is 38.3 Å². The van der Waals surface area contributed by atoms with Gasteiger partial charge in [-0.15, -0.1) is 0 Å². The third-order valence-electron chi connectivity index (χ3n) is 4.25. The maximum atomic E-state index is 3.29. The Balaban J connectivity index is 1.38. The Morgan fingerprint density at radius 3 is 2.12 bits per heavy atom. The summed E-state index contributed by atoms with van der Waals surface area (Å²) in [6, 6.07) is 20.7. The summed E-state index contributed by atoms with van der Waals surface area (Å²) in [4.78, 5) is 4.94. The van der Waals surface area contributed by atoms with Crippen molar-refractivity contribution in [1.29, 1.82) is 0 Å². The van der Waals surface area contributed by atoms with Crippen LogP contribution in [0.5, 0.6) is 0 Å². The minimum absolute atomic E-state index is 0.864. The van der Waals surface area contributed by atoms with Crippen LogP contribution < -0.4 is 0 Å². The van der Waals surface area contributed by atoms with Gasteiger partial charge in [-0.3, -0.25) is 9.80 Å². The predicted molar refractivity (Wildman–Crippen MR) is 102 cm³/mol. The highest BCUT2D eigenvalue weighted by Crippen LogP contribution is 2.04. The summed E-state index contributed by atoms with van der Waals surface area (Å²) in [5, 5.41) is 0. The maximum absolute atomic E-state index is 3.29. The second-order valence-electron chi connectivity index (χ2n) is 6.06. The lowest BCUT2D eigenvalue weighted by Gasteiger charge is -2.32. The zero-order chi connectivity index (χ0) is 16.5. The molecule has 1 fully saturated rings. The van der Waals surface area contributed by atoms with E-state index in [9.17, 15) is 0 Å². The minimum atomic E-state index is 0.864. The molecule has 0 spiro atoms. The fourth-order valence-electron chi connectivity index (χ4n) is 2.81. The van der Waals surface area contributed by atoms with E-state index in [-0.39, 0.29) is 0 Å². The number of hydrogen-bond acceptors (Lipinski definition) is 2. The molecule has 1 aliphatic rings. The largest absolute Gasteiger partial charge is 0.297 e. The first-order valence-electron chi connectivity index (χ1n) is 8.60. The van der Waals surface area contributed by atoms with Crippen molar-refractivity contribution < 1.29 is 0 Å². The van der Waals surface area contributed by atoms with E-state index in [0.717, 1.165) is 44.8 Å². The molecule has 2 heteroatoms. The molecule has 1 saturated heterocycles. The van der Waals surface area contributed by atoms with Crippen molar-refractivity contribution in [3.05, 3.63) is 77.9 Å². The van der Waals surface area contributed by atoms with Gasteiger partial charge < -0.3 is 0 Å². The van der Waals surface area contributed by atoms with E-state index in [4.69, 9.17) is 0 Å². The second-order valence-corrected chi connectivity index (χ2v) is 6.06. The van der Waals surface area contributed by atoms with Crippen LogP contribution in [0.25, 0.3) is 6.08 Å². The lowest BCUT2D eigenvalue weighted by atomic mass is 10.2. The van der Waals surface area contributed by atoms with Crippen molar-refractivity contribution in [2.24, 2.45) is 0 Å². The van der Waals surface area contributed by atoms with Crippen LogP contribution in [0, 0.1) is 11.8 Å². The van der Waals surface area contributed by atoms with Gasteiger partial charge in [0.2, 0.25) is 0 Å². The average Bonchev–Trinajstić information content (AvgIpc) is 2.65. The Hall–Kier alpha value is -2.34. The highest BCUT2D eigenvalue weighted by molar-refractivity contribution is 5.48. The summed E-state index contributed by atoms with van der Waals surface area (Å²) in [7, 11) is 0. The monoisotopic (exact) mass is 316 g/mol. The van der Waals surface area contributed by atoms with E-state index in [1.54, 1.807) is 0 Å². The summed E-state index contributed by atoms with van der Waals surface area (Å²) < 4.78 is 0. The standard InChI is InChI=1S/C22H24N2/c1-3-9-21(10-4-1)13-7-15-23-17-19-24(20-18-23)16-8-14-22-11-5-2-6-12-22/h1-7,9-13H,15-20H2. The van der Waals surface area contributed by atoms with Gasteiger partial charge in [-0.1, -0.05) is 72.5 Å². The molecule has 3 rings (SSSR count). The zero-order valence-corrected chi connectivity index (χ0v) is 14.1. The van der Waals surface area contributed by atoms with E-state index in [1.165, 1.54) is 5.56 Å². The van der Waals surface area contributed by atoms with Crippen LogP contribution in [-0.2, 0) is 0 Å². The number of piperazine rings is 1. The third-order valence-corrected chi connectivity index (χ3v) is 4.25. The van der Waals surface area contributed by atoms with Crippen molar-refractivity contribution in [3.63, 3.8) is 0 Å². The summed E-state index contributed by atoms with van der Waals surface area (Å²) >= 11 is 0. The highest BCUT2D eigenvalue weighted by atomic mass is 15.3. The molecule has 0 bridgehead atoms. The lowest BCUT2D eigenvalue weighted by molar-refractivity contribution is 0.155. The molecule has 2 aromatic rings. The van der Waals surface area contributed by atoms with Gasteiger partial charge in [-0.25, -0.2) is 0 Å². The Bertz CT molecular complexity index is 687. The SMILES string of the molecule is C(#Cc1ccccc1)CN1CCN(CC=Cc2ccccc2)CC1. The van der Waals surface area contributed by atoms with E-state index >= 15 is 0 Å². The van der Waals surface area contributed by atoms with Crippen molar-refractivity contribution in [2.75, 3.05) is 39.3 Å². The highest BCUT2D eigenvalue weighted by Gasteiger charge is 2.14. The van der Waals surface area contributed by atoms with Crippen molar-refractivity contribution >= 4 is 6.08 Å². The van der Waals surface area contributed by atoms with Crippen molar-refractivity contribution in [3.8, 4) is 11.8 Å². The molecule has 0 N–H and O–H groups in total. The Kier molecular flexibility index (Phi) is 6.25. The molecule has 2 nitrogen and oxygen atoms in total. The van der Waals surface area contributed by atoms with Gasteiger partial charge in [0.05, 0.1) is 6.54 Å². The molecule has 0 saturated carbocycles. The van der Waals surface area contributed by atoms with E-state index in [1.807, 2.05) is 18.2 Å². The fourth-order valence-corrected chi connectivity index (χ4v) is 2.81. The quantitative estimate of drug-likeness (QED) is 0.798. The lowest BCUT2D eigenvalue weighted by Crippen LogP contribution is -2.46. The van der Waals surface area contributed by atoms with Gasteiger partial charge in [-0.05, 0) is 17.7 Å². The topological polar surface area (TPSA) is 6.48 Å². The number of rotatable bonds is 4. The van der Waals surface area contributed by atoms with Crippen LogP contribution in [-0.4, -0.2) is 49.1 Å². The number of hydrogen-bond donors (Lipinski definition) is 0. The number of nitrogens with zero attached hydrogens (tertiary/aromatic N) is 2. The van der Waals surface area contributed by atoms with Crippen LogP contribution in [0.15, 0.2) is 66.7 Å². The molecule has 0 aliphatic carbocycles. The van der Waals surface area contributed by atoms with Gasteiger partial charge in [-0.2, -0.15) is 0 Å². The van der Waals surface area contributed by atoms with Gasteiger partial charge in [0.25, 0.3) is 0 Å². The van der Waals surface area contributed by atoms with Crippen LogP contribution in [0.2, 0.25) is 0 Å². The molecule has 0 atom stereocenters. The molecule has 1 aliphatic heterocycles. The summed E-state index contributed by atoms with van der Waals surface area (Å²) in [6.07, 6.45) is 4.47. The smallest absolute Gasteiger partial charge is 0.0606 e. The summed E-state index contributed by atoms with van der Waals surface area (Å²) in [6.45, 7) is 6.32. The maximum Gasteiger partial charge on any atom is 0.0606 e. The molecule has 1 heterocycles. The molecule has 24 heavy (non-hydrogen) atoms. The molecule has 0 radical (unpaired) electrons. The predicted octanol–water partition coefficient (Wildman–Crippen LogP) is 3.37. The Labute approximate surface area is 145 Å². The van der Waals surface area contributed by atoms with Crippen LogP contribution in [0.4, 0.5) is 0 Å². The third kappa shape index (κ3) is 5.38. The fraction of sp³-hybridized carbons (Fsp3) is 0.273. The number of benzene rings is 2. The first-order chi connectivity index (χ1) is 11.9. The Morgan fingerprint density at radius 1 is 0.792 bits per heavy atom. The minimum Gasteiger partial charge on any atom is -0.297 e.